The highest BCUT2D eigenvalue weighted by Crippen LogP contribution is 2.65. The molecular weight excluding hydrogens is 530 g/mol. The molecule has 0 aromatic heterocycles. The Morgan fingerprint density at radius 1 is 1.05 bits per heavy atom. The first-order valence-electron chi connectivity index (χ1n) is 13.5. The van der Waals surface area contributed by atoms with E-state index in [9.17, 15) is 19.8 Å². The Morgan fingerprint density at radius 3 is 2.45 bits per heavy atom. The van der Waals surface area contributed by atoms with Crippen LogP contribution in [0.5, 0.6) is 0 Å². The van der Waals surface area contributed by atoms with E-state index in [4.69, 9.17) is 23.2 Å². The number of anilines is 1. The van der Waals surface area contributed by atoms with Gasteiger partial charge in [-0.1, -0.05) is 54.6 Å². The van der Waals surface area contributed by atoms with Crippen molar-refractivity contribution < 1.29 is 24.2 Å². The number of carbonyl (C=O) groups is 2. The van der Waals surface area contributed by atoms with Crippen LogP contribution in [-0.2, 0) is 10.2 Å². The van der Waals surface area contributed by atoms with E-state index >= 15 is 4.39 Å². The summed E-state index contributed by atoms with van der Waals surface area (Å²) in [7, 11) is 0. The fourth-order valence-electron chi connectivity index (χ4n) is 8.19. The van der Waals surface area contributed by atoms with Crippen LogP contribution in [0.3, 0.4) is 0 Å². The van der Waals surface area contributed by atoms with Crippen LogP contribution in [0.25, 0.3) is 0 Å². The molecule has 3 fully saturated rings. The normalized spacial score (nSPS) is 30.5. The van der Waals surface area contributed by atoms with Crippen molar-refractivity contribution in [2.75, 3.05) is 11.9 Å². The quantitative estimate of drug-likeness (QED) is 0.420. The number of nitrogens with zero attached hydrogens (tertiary/aromatic N) is 1. The molecular formula is C29H31Cl2FN2O4. The highest BCUT2D eigenvalue weighted by molar-refractivity contribution is 6.34. The summed E-state index contributed by atoms with van der Waals surface area (Å²) in [6.07, 6.45) is 6.97. The molecule has 2 heterocycles. The molecule has 2 atom stereocenters. The predicted octanol–water partition coefficient (Wildman–Crippen LogP) is 6.13. The van der Waals surface area contributed by atoms with Gasteiger partial charge in [-0.2, -0.15) is 0 Å². The standard InChI is InChI=1S/C29H31Cl2FN2O4/c30-22-6-4-5-18(25(22)32)21-15-34(16-7-9-17(35)10-8-16)28(11-2-1-3-12-28)29(21)20-13-19(26(36)37)23(31)14-24(20)33-27(29)38/h4-6,13-14,16-17,21,35H,1-3,7-12,15H2,(H,33,38)(H,36,37)/t16?,17?,21-,29+/m1/s1. The number of carboxylic acids is 1. The number of rotatable bonds is 3. The van der Waals surface area contributed by atoms with E-state index in [-0.39, 0.29) is 33.7 Å². The van der Waals surface area contributed by atoms with Crippen molar-refractivity contribution in [3.63, 3.8) is 0 Å². The second kappa shape index (κ2) is 9.47. The van der Waals surface area contributed by atoms with Gasteiger partial charge in [0.15, 0.2) is 0 Å². The Kier molecular flexibility index (Phi) is 6.50. The number of fused-ring (bicyclic) bond motifs is 3. The third kappa shape index (κ3) is 3.58. The molecule has 202 valence electrons. The molecule has 1 saturated heterocycles. The zero-order chi connectivity index (χ0) is 26.8. The maximum atomic E-state index is 15.8. The van der Waals surface area contributed by atoms with Gasteiger partial charge < -0.3 is 15.5 Å². The van der Waals surface area contributed by atoms with Gasteiger partial charge in [-0.25, -0.2) is 9.18 Å². The fourth-order valence-corrected chi connectivity index (χ4v) is 8.61. The summed E-state index contributed by atoms with van der Waals surface area (Å²) >= 11 is 12.6. The van der Waals surface area contributed by atoms with Gasteiger partial charge in [-0.3, -0.25) is 9.69 Å². The third-order valence-corrected chi connectivity index (χ3v) is 10.3. The van der Waals surface area contributed by atoms with Crippen molar-refractivity contribution in [2.24, 2.45) is 0 Å². The molecule has 2 spiro atoms. The first-order chi connectivity index (χ1) is 18.2. The monoisotopic (exact) mass is 560 g/mol. The van der Waals surface area contributed by atoms with Crippen LogP contribution >= 0.6 is 23.2 Å². The minimum atomic E-state index is -1.22. The Hall–Kier alpha value is -2.19. The number of hydrogen-bond donors (Lipinski definition) is 3. The van der Waals surface area contributed by atoms with Gasteiger partial charge in [0, 0.05) is 29.7 Å². The number of carbonyl (C=O) groups excluding carboxylic acids is 1. The number of halogens is 3. The second-order valence-corrected chi connectivity index (χ2v) is 12.2. The zero-order valence-electron chi connectivity index (χ0n) is 21.0. The number of aliphatic hydroxyl groups is 1. The minimum Gasteiger partial charge on any atom is -0.478 e. The van der Waals surface area contributed by atoms with E-state index in [0.29, 0.717) is 36.2 Å². The van der Waals surface area contributed by atoms with E-state index in [2.05, 4.69) is 10.2 Å². The van der Waals surface area contributed by atoms with Crippen molar-refractivity contribution in [3.05, 3.63) is 62.9 Å². The van der Waals surface area contributed by atoms with Crippen molar-refractivity contribution in [3.8, 4) is 0 Å². The van der Waals surface area contributed by atoms with Gasteiger partial charge in [-0.15, -0.1) is 0 Å². The Balaban J connectivity index is 1.64. The number of hydrogen-bond acceptors (Lipinski definition) is 4. The molecule has 6 rings (SSSR count). The summed E-state index contributed by atoms with van der Waals surface area (Å²) in [6, 6.07) is 8.11. The van der Waals surface area contributed by atoms with Crippen LogP contribution in [0.1, 0.15) is 85.2 Å². The molecule has 2 aromatic rings. The predicted molar refractivity (Wildman–Crippen MR) is 144 cm³/mol. The molecule has 3 N–H and O–H groups in total. The van der Waals surface area contributed by atoms with Crippen LogP contribution in [0, 0.1) is 5.82 Å². The number of nitrogens with one attached hydrogen (secondary N) is 1. The molecule has 4 aliphatic rings. The summed E-state index contributed by atoms with van der Waals surface area (Å²) < 4.78 is 15.8. The fraction of sp³-hybridized carbons (Fsp3) is 0.517. The largest absolute Gasteiger partial charge is 0.478 e. The summed E-state index contributed by atoms with van der Waals surface area (Å²) in [5.41, 5.74) is -0.500. The van der Waals surface area contributed by atoms with Crippen LogP contribution in [0.15, 0.2) is 30.3 Å². The number of amides is 1. The summed E-state index contributed by atoms with van der Waals surface area (Å²) in [4.78, 5) is 29.1. The Bertz CT molecular complexity index is 1310. The molecule has 2 aliphatic heterocycles. The van der Waals surface area contributed by atoms with Gasteiger partial charge >= 0.3 is 5.97 Å². The maximum Gasteiger partial charge on any atom is 0.337 e. The topological polar surface area (TPSA) is 89.9 Å². The molecule has 0 radical (unpaired) electrons. The molecule has 1 amide bonds. The van der Waals surface area contributed by atoms with Crippen LogP contribution in [0.2, 0.25) is 10.0 Å². The van der Waals surface area contributed by atoms with E-state index in [0.717, 1.165) is 44.9 Å². The SMILES string of the molecule is O=C(O)c1cc2c(cc1Cl)NC(=O)[C@@]21[C@@H](c2cccc(Cl)c2F)CN(C2CCC(O)CC2)C12CCCCC2. The average Bonchev–Trinajstić information content (AvgIpc) is 3.33. The lowest BCUT2D eigenvalue weighted by atomic mass is 9.55. The van der Waals surface area contributed by atoms with Gasteiger partial charge in [0.2, 0.25) is 5.91 Å². The molecule has 6 nitrogen and oxygen atoms in total. The molecule has 0 unspecified atom stereocenters. The van der Waals surface area contributed by atoms with E-state index in [1.54, 1.807) is 12.1 Å². The first-order valence-corrected chi connectivity index (χ1v) is 14.2. The van der Waals surface area contributed by atoms with Gasteiger partial charge in [0.05, 0.1) is 21.7 Å². The Labute approximate surface area is 231 Å². The second-order valence-electron chi connectivity index (χ2n) is 11.3. The van der Waals surface area contributed by atoms with E-state index < -0.39 is 28.7 Å². The minimum absolute atomic E-state index is 0.00413. The lowest BCUT2D eigenvalue weighted by Gasteiger charge is -2.53. The van der Waals surface area contributed by atoms with Gasteiger partial charge in [0.1, 0.15) is 11.2 Å². The molecule has 2 saturated carbocycles. The van der Waals surface area contributed by atoms with Crippen molar-refractivity contribution >= 4 is 40.8 Å². The molecule has 2 aliphatic carbocycles. The molecule has 38 heavy (non-hydrogen) atoms. The number of aromatic carboxylic acids is 1. The highest BCUT2D eigenvalue weighted by Gasteiger charge is 2.72. The third-order valence-electron chi connectivity index (χ3n) is 9.70. The lowest BCUT2D eigenvalue weighted by Crippen LogP contribution is -2.63. The Morgan fingerprint density at radius 2 is 1.76 bits per heavy atom. The molecule has 2 aromatic carbocycles. The maximum absolute atomic E-state index is 15.8. The van der Waals surface area contributed by atoms with Crippen molar-refractivity contribution in [2.45, 2.75) is 86.8 Å². The zero-order valence-corrected chi connectivity index (χ0v) is 22.5. The summed E-state index contributed by atoms with van der Waals surface area (Å²) in [5.74, 6) is -2.54. The number of aliphatic hydroxyl groups excluding tert-OH is 1. The molecule has 0 bridgehead atoms. The summed E-state index contributed by atoms with van der Waals surface area (Å²) in [5, 5.41) is 23.3. The first kappa shape index (κ1) is 26.1. The molecule has 9 heteroatoms. The lowest BCUT2D eigenvalue weighted by molar-refractivity contribution is -0.127. The van der Waals surface area contributed by atoms with E-state index in [1.807, 2.05) is 0 Å². The van der Waals surface area contributed by atoms with Crippen molar-refractivity contribution in [1.29, 1.82) is 0 Å². The number of carboxylic acid groups (broad SMARTS) is 1. The number of benzene rings is 2. The van der Waals surface area contributed by atoms with Gasteiger partial charge in [-0.05, 0) is 67.9 Å². The van der Waals surface area contributed by atoms with Crippen LogP contribution in [-0.4, -0.2) is 51.2 Å². The van der Waals surface area contributed by atoms with E-state index in [1.165, 1.54) is 18.2 Å². The van der Waals surface area contributed by atoms with Crippen molar-refractivity contribution in [1.82, 2.24) is 4.90 Å². The average molecular weight is 561 g/mol. The van der Waals surface area contributed by atoms with Crippen LogP contribution in [0.4, 0.5) is 10.1 Å². The highest BCUT2D eigenvalue weighted by atomic mass is 35.5. The van der Waals surface area contributed by atoms with Gasteiger partial charge in [0.25, 0.3) is 0 Å². The smallest absolute Gasteiger partial charge is 0.337 e. The summed E-state index contributed by atoms with van der Waals surface area (Å²) in [6.45, 7) is 0.440. The van der Waals surface area contributed by atoms with Crippen LogP contribution < -0.4 is 5.32 Å². The number of likely N-dealkylation sites (tertiary alicyclic amines) is 1.